The van der Waals surface area contributed by atoms with Crippen LogP contribution in [0.1, 0.15) is 38.2 Å². The summed E-state index contributed by atoms with van der Waals surface area (Å²) in [6.45, 7) is 4.42. The van der Waals surface area contributed by atoms with Crippen LogP contribution in [0.4, 0.5) is 0 Å². The smallest absolute Gasteiger partial charge is 0.252 e. The largest absolute Gasteiger partial charge is 0.311 e. The van der Waals surface area contributed by atoms with E-state index in [-0.39, 0.29) is 6.04 Å². The predicted octanol–water partition coefficient (Wildman–Crippen LogP) is 3.11. The van der Waals surface area contributed by atoms with Crippen LogP contribution < -0.4 is 5.32 Å². The molecule has 2 atom stereocenters. The van der Waals surface area contributed by atoms with Gasteiger partial charge in [-0.05, 0) is 60.2 Å². The zero-order valence-electron chi connectivity index (χ0n) is 12.3. The lowest BCUT2D eigenvalue weighted by Gasteiger charge is -2.36. The first kappa shape index (κ1) is 15.9. The zero-order chi connectivity index (χ0) is 15.2. The van der Waals surface area contributed by atoms with Gasteiger partial charge in [0.05, 0.1) is 3.79 Å². The number of sulfonamides is 1. The lowest BCUT2D eigenvalue weighted by Crippen LogP contribution is -2.49. The summed E-state index contributed by atoms with van der Waals surface area (Å²) in [5.74, 6) is 0. The van der Waals surface area contributed by atoms with Crippen molar-refractivity contribution in [2.45, 2.75) is 61.9 Å². The van der Waals surface area contributed by atoms with Crippen molar-refractivity contribution in [3.8, 4) is 0 Å². The predicted molar refractivity (Wildman–Crippen MR) is 89.3 cm³/mol. The highest BCUT2D eigenvalue weighted by molar-refractivity contribution is 9.11. The van der Waals surface area contributed by atoms with Gasteiger partial charge in [0.25, 0.3) is 10.0 Å². The number of halogens is 1. The molecule has 3 heterocycles. The monoisotopic (exact) mass is 392 g/mol. The fourth-order valence-corrected chi connectivity index (χ4v) is 7.57. The molecule has 118 valence electrons. The Balaban J connectivity index is 1.88. The van der Waals surface area contributed by atoms with Crippen molar-refractivity contribution in [3.63, 3.8) is 0 Å². The fraction of sp³-hybridized carbons (Fsp3) is 0.714. The molecule has 2 aliphatic rings. The van der Waals surface area contributed by atoms with Crippen LogP contribution in [-0.4, -0.2) is 37.4 Å². The van der Waals surface area contributed by atoms with E-state index in [0.29, 0.717) is 22.8 Å². The van der Waals surface area contributed by atoms with Gasteiger partial charge in [0.15, 0.2) is 0 Å². The Morgan fingerprint density at radius 3 is 2.48 bits per heavy atom. The van der Waals surface area contributed by atoms with Gasteiger partial charge >= 0.3 is 0 Å². The summed E-state index contributed by atoms with van der Waals surface area (Å²) in [7, 11) is -3.38. The van der Waals surface area contributed by atoms with E-state index >= 15 is 0 Å². The maximum Gasteiger partial charge on any atom is 0.252 e. The summed E-state index contributed by atoms with van der Waals surface area (Å²) in [4.78, 5) is 0. The molecule has 1 N–H and O–H groups in total. The molecule has 0 radical (unpaired) electrons. The first-order valence-electron chi connectivity index (χ1n) is 7.45. The highest BCUT2D eigenvalue weighted by Gasteiger charge is 2.40. The highest BCUT2D eigenvalue weighted by Crippen LogP contribution is 2.36. The van der Waals surface area contributed by atoms with Gasteiger partial charge in [0.2, 0.25) is 0 Å². The van der Waals surface area contributed by atoms with Crippen molar-refractivity contribution in [2.24, 2.45) is 0 Å². The van der Waals surface area contributed by atoms with E-state index in [4.69, 9.17) is 0 Å². The minimum atomic E-state index is -3.38. The number of hydrogen-bond donors (Lipinski definition) is 1. The van der Waals surface area contributed by atoms with Crippen LogP contribution in [-0.2, 0) is 10.0 Å². The van der Waals surface area contributed by atoms with Crippen LogP contribution in [0, 0.1) is 6.92 Å². The van der Waals surface area contributed by atoms with Gasteiger partial charge in [-0.2, -0.15) is 4.31 Å². The second-order valence-corrected chi connectivity index (χ2v) is 10.5. The highest BCUT2D eigenvalue weighted by atomic mass is 79.9. The topological polar surface area (TPSA) is 49.4 Å². The number of nitrogens with zero attached hydrogens (tertiary/aromatic N) is 1. The van der Waals surface area contributed by atoms with Gasteiger partial charge in [-0.3, -0.25) is 0 Å². The maximum absolute atomic E-state index is 13.0. The molecule has 0 aliphatic carbocycles. The van der Waals surface area contributed by atoms with Crippen LogP contribution in [0.25, 0.3) is 0 Å². The lowest BCUT2D eigenvalue weighted by atomic mass is 10.00. The molecule has 4 nitrogen and oxygen atoms in total. The number of thiophene rings is 1. The van der Waals surface area contributed by atoms with E-state index in [1.807, 2.05) is 13.8 Å². The van der Waals surface area contributed by atoms with Crippen molar-refractivity contribution < 1.29 is 8.42 Å². The van der Waals surface area contributed by atoms with Crippen LogP contribution in [0.2, 0.25) is 0 Å². The van der Waals surface area contributed by atoms with Crippen molar-refractivity contribution >= 4 is 37.3 Å². The van der Waals surface area contributed by atoms with Crippen LogP contribution in [0.15, 0.2) is 14.1 Å². The summed E-state index contributed by atoms with van der Waals surface area (Å²) < 4.78 is 29.0. The Kier molecular flexibility index (Phi) is 4.49. The van der Waals surface area contributed by atoms with Gasteiger partial charge in [-0.15, -0.1) is 11.3 Å². The molecule has 7 heteroatoms. The summed E-state index contributed by atoms with van der Waals surface area (Å²) >= 11 is 4.75. The van der Waals surface area contributed by atoms with Crippen molar-refractivity contribution in [1.29, 1.82) is 0 Å². The Bertz CT molecular complexity index is 597. The maximum atomic E-state index is 13.0. The molecule has 2 aliphatic heterocycles. The van der Waals surface area contributed by atoms with E-state index in [0.717, 1.165) is 22.2 Å². The first-order valence-corrected chi connectivity index (χ1v) is 10.5. The Morgan fingerprint density at radius 1 is 1.38 bits per heavy atom. The summed E-state index contributed by atoms with van der Waals surface area (Å²) in [5, 5.41) is 3.58. The number of fused-ring (bicyclic) bond motifs is 2. The molecule has 2 unspecified atom stereocenters. The quantitative estimate of drug-likeness (QED) is 0.855. The zero-order valence-corrected chi connectivity index (χ0v) is 15.5. The van der Waals surface area contributed by atoms with Crippen LogP contribution in [0.5, 0.6) is 0 Å². The van der Waals surface area contributed by atoms with Gasteiger partial charge < -0.3 is 5.32 Å². The second kappa shape index (κ2) is 5.92. The van der Waals surface area contributed by atoms with Crippen LogP contribution in [0.3, 0.4) is 0 Å². The second-order valence-electron chi connectivity index (χ2n) is 5.99. The molecule has 1 aromatic rings. The number of aryl methyl sites for hydroxylation is 1. The molecule has 2 fully saturated rings. The van der Waals surface area contributed by atoms with Crippen molar-refractivity contribution in [3.05, 3.63) is 15.4 Å². The Morgan fingerprint density at radius 2 is 2.00 bits per heavy atom. The molecule has 1 aromatic heterocycles. The molecule has 3 rings (SSSR count). The first-order chi connectivity index (χ1) is 9.91. The average Bonchev–Trinajstić information content (AvgIpc) is 2.94. The molecule has 2 saturated heterocycles. The van der Waals surface area contributed by atoms with E-state index in [2.05, 4.69) is 21.2 Å². The van der Waals surface area contributed by atoms with Gasteiger partial charge in [0, 0.05) is 24.7 Å². The third-order valence-corrected chi connectivity index (χ3v) is 9.18. The minimum Gasteiger partial charge on any atom is -0.311 e. The van der Waals surface area contributed by atoms with Crippen molar-refractivity contribution in [1.82, 2.24) is 9.62 Å². The molecule has 0 aromatic carbocycles. The molecular weight excluding hydrogens is 372 g/mol. The Hall–Kier alpha value is 0.0500. The number of rotatable bonds is 4. The summed E-state index contributed by atoms with van der Waals surface area (Å²) in [6, 6.07) is 2.91. The van der Waals surface area contributed by atoms with Crippen molar-refractivity contribution in [2.75, 3.05) is 6.54 Å². The number of nitrogens with one attached hydrogen (secondary N) is 1. The Labute approximate surface area is 139 Å². The van der Waals surface area contributed by atoms with Gasteiger partial charge in [0.1, 0.15) is 4.21 Å². The SMILES string of the molecule is CCN(C1CC2CCC(C1)N2)S(=O)(=O)c1cc(C)c(Br)s1. The molecule has 0 spiro atoms. The van der Waals surface area contributed by atoms with Crippen LogP contribution >= 0.6 is 27.3 Å². The molecule has 0 amide bonds. The van der Waals surface area contributed by atoms with Gasteiger partial charge in [-0.1, -0.05) is 6.92 Å². The minimum absolute atomic E-state index is 0.139. The molecule has 21 heavy (non-hydrogen) atoms. The van der Waals surface area contributed by atoms with E-state index < -0.39 is 10.0 Å². The molecule has 2 bridgehead atoms. The van der Waals surface area contributed by atoms with E-state index in [9.17, 15) is 8.42 Å². The normalized spacial score (nSPS) is 29.2. The average molecular weight is 393 g/mol. The number of piperidine rings is 1. The lowest BCUT2D eigenvalue weighted by molar-refractivity contribution is 0.232. The number of hydrogen-bond acceptors (Lipinski definition) is 4. The van der Waals surface area contributed by atoms with Gasteiger partial charge in [-0.25, -0.2) is 8.42 Å². The standard InChI is InChI=1S/C14H21BrN2O2S2/c1-3-17(12-7-10-4-5-11(8-12)16-10)21(18,19)13-6-9(2)14(15)20-13/h6,10-12,16H,3-5,7-8H2,1-2H3. The van der Waals surface area contributed by atoms with E-state index in [1.165, 1.54) is 24.2 Å². The summed E-state index contributed by atoms with van der Waals surface area (Å²) in [6.07, 6.45) is 4.25. The molecule has 0 saturated carbocycles. The summed E-state index contributed by atoms with van der Waals surface area (Å²) in [5.41, 5.74) is 0.986. The van der Waals surface area contributed by atoms with E-state index in [1.54, 1.807) is 10.4 Å². The third kappa shape index (κ3) is 2.95. The third-order valence-electron chi connectivity index (χ3n) is 4.56. The fourth-order valence-electron chi connectivity index (χ4n) is 3.56. The molecular formula is C14H21BrN2O2S2.